The van der Waals surface area contributed by atoms with Crippen LogP contribution in [-0.4, -0.2) is 76.6 Å². The second-order valence-corrected chi connectivity index (χ2v) is 13.0. The largest absolute Gasteiger partial charge is 0.508 e. The molecule has 0 spiro atoms. The van der Waals surface area contributed by atoms with Crippen molar-refractivity contribution in [2.24, 2.45) is 0 Å². The lowest BCUT2D eigenvalue weighted by Crippen LogP contribution is -2.51. The zero-order valence-electron chi connectivity index (χ0n) is 22.4. The number of alkyl halides is 1. The fraction of sp³-hybridized carbons (Fsp3) is 0.467. The van der Waals surface area contributed by atoms with Crippen molar-refractivity contribution in [2.45, 2.75) is 55.9 Å². The van der Waals surface area contributed by atoms with Gasteiger partial charge in [0.25, 0.3) is 0 Å². The molecule has 4 saturated heterocycles. The summed E-state index contributed by atoms with van der Waals surface area (Å²) in [6.45, 7) is 2.94. The van der Waals surface area contributed by atoms with Crippen LogP contribution in [0.2, 0.25) is 0 Å². The third-order valence-corrected chi connectivity index (χ3v) is 10.5. The van der Waals surface area contributed by atoms with E-state index in [-0.39, 0.29) is 45.2 Å². The number of benzene rings is 2. The van der Waals surface area contributed by atoms with Crippen LogP contribution in [0.25, 0.3) is 31.4 Å². The Kier molecular flexibility index (Phi) is 5.88. The number of anilines is 1. The van der Waals surface area contributed by atoms with Gasteiger partial charge in [0.2, 0.25) is 0 Å². The SMILES string of the molecule is Oc1cc(-c2sc3c(N4CC5CCC(C4)N5)nc(OC[C@@]45CCCN4C[C@H](F)C5)nc3c2F)c2c(F)cccc2c1. The number of halogens is 3. The molecule has 0 amide bonds. The van der Waals surface area contributed by atoms with Crippen molar-refractivity contribution in [3.05, 3.63) is 42.0 Å². The van der Waals surface area contributed by atoms with Gasteiger partial charge in [-0.05, 0) is 55.8 Å². The maximum Gasteiger partial charge on any atom is 0.319 e. The lowest BCUT2D eigenvalue weighted by Gasteiger charge is -2.34. The van der Waals surface area contributed by atoms with Gasteiger partial charge >= 0.3 is 6.01 Å². The second-order valence-electron chi connectivity index (χ2n) is 12.0. The number of phenols is 1. The highest BCUT2D eigenvalue weighted by Gasteiger charge is 2.49. The number of ether oxygens (including phenoxy) is 1. The topological polar surface area (TPSA) is 73.8 Å². The van der Waals surface area contributed by atoms with Gasteiger partial charge in [-0.15, -0.1) is 11.3 Å². The number of thiophene rings is 1. The molecule has 41 heavy (non-hydrogen) atoms. The van der Waals surface area contributed by atoms with Crippen molar-refractivity contribution < 1.29 is 23.0 Å². The number of nitrogens with one attached hydrogen (secondary N) is 1. The molecule has 8 rings (SSSR count). The molecule has 7 nitrogen and oxygen atoms in total. The second kappa shape index (κ2) is 9.43. The number of nitrogens with zero attached hydrogens (tertiary/aromatic N) is 4. The first kappa shape index (κ1) is 25.6. The van der Waals surface area contributed by atoms with Crippen molar-refractivity contribution in [3.8, 4) is 22.2 Å². The lowest BCUT2D eigenvalue weighted by molar-refractivity contribution is 0.107. The molecule has 4 aliphatic rings. The Bertz CT molecular complexity index is 1670. The van der Waals surface area contributed by atoms with Crippen LogP contribution >= 0.6 is 11.3 Å². The van der Waals surface area contributed by atoms with E-state index in [1.807, 2.05) is 0 Å². The van der Waals surface area contributed by atoms with E-state index in [2.05, 4.69) is 20.1 Å². The maximum absolute atomic E-state index is 16.4. The third-order valence-electron chi connectivity index (χ3n) is 9.34. The molecular weight excluding hydrogens is 551 g/mol. The number of hydrogen-bond acceptors (Lipinski definition) is 8. The van der Waals surface area contributed by atoms with Gasteiger partial charge in [0.1, 0.15) is 29.9 Å². The molecule has 2 aromatic heterocycles. The van der Waals surface area contributed by atoms with E-state index in [0.717, 1.165) is 45.3 Å². The van der Waals surface area contributed by atoms with E-state index in [9.17, 15) is 9.50 Å². The summed E-state index contributed by atoms with van der Waals surface area (Å²) in [5.74, 6) is -0.574. The highest BCUT2D eigenvalue weighted by Crippen LogP contribution is 2.46. The smallest absolute Gasteiger partial charge is 0.319 e. The Labute approximate surface area is 238 Å². The Morgan fingerprint density at radius 3 is 2.78 bits per heavy atom. The van der Waals surface area contributed by atoms with E-state index < -0.39 is 17.8 Å². The van der Waals surface area contributed by atoms with Gasteiger partial charge in [-0.2, -0.15) is 9.97 Å². The summed E-state index contributed by atoms with van der Waals surface area (Å²) in [5.41, 5.74) is -0.00492. The van der Waals surface area contributed by atoms with Gasteiger partial charge in [-0.1, -0.05) is 12.1 Å². The standard InChI is InChI=1S/C30H30F3N5O2S/c31-17-11-30(7-2-8-38(30)12-17)15-40-29-35-25-24(33)26(21-10-20(39)9-16-3-1-4-22(32)23(16)21)41-27(25)28(36-29)37-13-18-5-6-19(14-37)34-18/h1,3-4,9-10,17-19,34,39H,2,5-8,11-15H2/t17-,18?,19?,30+/m1/s1. The average Bonchev–Trinajstić information content (AvgIpc) is 3.67. The predicted octanol–water partition coefficient (Wildman–Crippen LogP) is 5.39. The Balaban J connectivity index is 1.25. The summed E-state index contributed by atoms with van der Waals surface area (Å²) < 4.78 is 52.6. The van der Waals surface area contributed by atoms with Crippen LogP contribution in [0.15, 0.2) is 30.3 Å². The van der Waals surface area contributed by atoms with Crippen molar-refractivity contribution in [1.82, 2.24) is 20.2 Å². The van der Waals surface area contributed by atoms with Gasteiger partial charge in [-0.25, -0.2) is 13.2 Å². The molecule has 2 N–H and O–H groups in total. The quantitative estimate of drug-likeness (QED) is 0.327. The zero-order valence-corrected chi connectivity index (χ0v) is 23.2. The minimum absolute atomic E-state index is 0.0668. The monoisotopic (exact) mass is 581 g/mol. The van der Waals surface area contributed by atoms with Crippen molar-refractivity contribution in [2.75, 3.05) is 37.7 Å². The highest BCUT2D eigenvalue weighted by atomic mass is 32.1. The summed E-state index contributed by atoms with van der Waals surface area (Å²) in [6.07, 6.45) is 3.50. The molecule has 214 valence electrons. The number of piperazine rings is 1. The summed E-state index contributed by atoms with van der Waals surface area (Å²) in [7, 11) is 0. The fourth-order valence-electron chi connectivity index (χ4n) is 7.53. The van der Waals surface area contributed by atoms with Gasteiger partial charge in [0.05, 0.1) is 15.1 Å². The number of hydrogen-bond donors (Lipinski definition) is 2. The highest BCUT2D eigenvalue weighted by molar-refractivity contribution is 7.22. The Morgan fingerprint density at radius 2 is 1.95 bits per heavy atom. The van der Waals surface area contributed by atoms with Crippen LogP contribution in [0.4, 0.5) is 19.0 Å². The van der Waals surface area contributed by atoms with Crippen LogP contribution in [0.3, 0.4) is 0 Å². The normalized spacial score (nSPS) is 27.8. The number of fused-ring (bicyclic) bond motifs is 5. The first-order valence-electron chi connectivity index (χ1n) is 14.3. The molecule has 4 aliphatic heterocycles. The predicted molar refractivity (Wildman–Crippen MR) is 153 cm³/mol. The van der Waals surface area contributed by atoms with Crippen LogP contribution in [0, 0.1) is 11.6 Å². The summed E-state index contributed by atoms with van der Waals surface area (Å²) in [5, 5.41) is 14.8. The average molecular weight is 582 g/mol. The number of rotatable bonds is 5. The molecule has 0 radical (unpaired) electrons. The van der Waals surface area contributed by atoms with Crippen LogP contribution in [0.1, 0.15) is 32.1 Å². The van der Waals surface area contributed by atoms with Crippen molar-refractivity contribution in [1.29, 1.82) is 0 Å². The first-order valence-corrected chi connectivity index (χ1v) is 15.1. The number of aromatic hydroxyl groups is 1. The number of phenolic OH excluding ortho intramolecular Hbond substituents is 1. The fourth-order valence-corrected chi connectivity index (χ4v) is 8.69. The van der Waals surface area contributed by atoms with Gasteiger partial charge in [0, 0.05) is 49.1 Å². The third kappa shape index (κ3) is 4.15. The number of aromatic nitrogens is 2. The molecule has 2 bridgehead atoms. The Hall–Kier alpha value is -3.15. The lowest BCUT2D eigenvalue weighted by atomic mass is 9.95. The molecule has 0 aliphatic carbocycles. The molecule has 4 atom stereocenters. The minimum Gasteiger partial charge on any atom is -0.508 e. The molecule has 11 heteroatoms. The maximum atomic E-state index is 16.4. The van der Waals surface area contributed by atoms with Crippen LogP contribution in [-0.2, 0) is 0 Å². The summed E-state index contributed by atoms with van der Waals surface area (Å²) >= 11 is 1.17. The molecule has 6 heterocycles. The molecule has 0 saturated carbocycles. The van der Waals surface area contributed by atoms with E-state index in [1.165, 1.54) is 29.5 Å². The van der Waals surface area contributed by atoms with E-state index in [0.29, 0.717) is 41.0 Å². The van der Waals surface area contributed by atoms with Gasteiger partial charge in [-0.3, -0.25) is 4.90 Å². The van der Waals surface area contributed by atoms with Crippen LogP contribution < -0.4 is 15.0 Å². The molecular formula is C30H30F3N5O2S. The Morgan fingerprint density at radius 1 is 1.12 bits per heavy atom. The summed E-state index contributed by atoms with van der Waals surface area (Å²) in [6, 6.07) is 8.17. The zero-order chi connectivity index (χ0) is 27.9. The molecule has 4 aromatic rings. The van der Waals surface area contributed by atoms with Crippen molar-refractivity contribution in [3.63, 3.8) is 0 Å². The molecule has 2 unspecified atom stereocenters. The van der Waals surface area contributed by atoms with Crippen LogP contribution in [0.5, 0.6) is 11.8 Å². The summed E-state index contributed by atoms with van der Waals surface area (Å²) in [4.78, 5) is 13.9. The van der Waals surface area contributed by atoms with E-state index in [1.54, 1.807) is 12.1 Å². The van der Waals surface area contributed by atoms with Crippen molar-refractivity contribution >= 4 is 38.1 Å². The van der Waals surface area contributed by atoms with Gasteiger partial charge < -0.3 is 20.1 Å². The van der Waals surface area contributed by atoms with E-state index in [4.69, 9.17) is 9.72 Å². The molecule has 2 aromatic carbocycles. The first-order chi connectivity index (χ1) is 19.9. The molecule has 4 fully saturated rings. The van der Waals surface area contributed by atoms with E-state index >= 15 is 8.78 Å². The van der Waals surface area contributed by atoms with Gasteiger partial charge in [0.15, 0.2) is 11.6 Å². The minimum atomic E-state index is -0.886.